The Kier molecular flexibility index (Phi) is 53.2. The highest BCUT2D eigenvalue weighted by atomic mass is 16.7. The Hall–Kier alpha value is -3.42. The number of esters is 1. The number of ether oxygens (including phenoxy) is 3. The van der Waals surface area contributed by atoms with E-state index >= 15 is 0 Å². The number of unbranched alkanes of at least 4 members (excludes halogenated alkanes) is 27. The lowest BCUT2D eigenvalue weighted by molar-refractivity contribution is -0.305. The lowest BCUT2D eigenvalue weighted by Gasteiger charge is -2.41. The van der Waals surface area contributed by atoms with Crippen LogP contribution in [0.5, 0.6) is 0 Å². The van der Waals surface area contributed by atoms with E-state index in [4.69, 9.17) is 14.2 Å². The van der Waals surface area contributed by atoms with E-state index < -0.39 is 67.4 Å². The molecule has 0 spiro atoms. The lowest BCUT2D eigenvalue weighted by atomic mass is 9.99. The standard InChI is InChI=1S/C70H121NO10/c1-4-7-10-13-16-19-22-25-27-29-30-31-32-33-34-35-37-40-43-46-49-52-55-58-65(75)81-68-67(77)66(76)64(59-72)80-70(68)79-60-61(62(73)56-53-50-47-44-41-38-24-21-18-15-12-9-6-3)71-69(78)63(74)57-54-51-48-45-42-39-36-28-26-23-20-17-14-11-8-5-2/h16-17,19-20,25-28,30-31,33-34,39,42,53,56,61-64,66-68,70,72-74,76-77H,4-15,18,21-24,29,32,35-38,40-41,43-52,54-55,57-60H2,1-3H3,(H,71,78)/b19-16-,20-17-,27-25-,28-26-,31-30-,34-33-,42-39-,56-53+. The molecule has 1 aliphatic rings. The van der Waals surface area contributed by atoms with E-state index in [1.165, 1.54) is 103 Å². The SMILES string of the molecule is CCCCC/C=C\C/C=C\C/C=C\C/C=C\CCCCCCCCCC(=O)OC1C(OCC(NC(=O)C(O)CCCCC/C=C\C/C=C\C/C=C\CCCCC)C(O)/C=C/CCCCCCCCCCCCC)OC(CO)C(O)C1O. The molecule has 1 rings (SSSR count). The number of hydrogen-bond acceptors (Lipinski definition) is 10. The average Bonchev–Trinajstić information content (AvgIpc) is 3.53. The van der Waals surface area contributed by atoms with Crippen LogP contribution >= 0.6 is 0 Å². The largest absolute Gasteiger partial charge is 0.454 e. The zero-order valence-corrected chi connectivity index (χ0v) is 51.6. The predicted octanol–water partition coefficient (Wildman–Crippen LogP) is 16.3. The summed E-state index contributed by atoms with van der Waals surface area (Å²) in [7, 11) is 0. The van der Waals surface area contributed by atoms with Crippen molar-refractivity contribution in [3.63, 3.8) is 0 Å². The van der Waals surface area contributed by atoms with Gasteiger partial charge in [0.1, 0.15) is 24.4 Å². The average molecular weight is 1140 g/mol. The minimum Gasteiger partial charge on any atom is -0.454 e. The first-order chi connectivity index (χ1) is 39.7. The molecule has 1 saturated heterocycles. The van der Waals surface area contributed by atoms with Crippen LogP contribution in [0.3, 0.4) is 0 Å². The number of aliphatic hydroxyl groups is 5. The maximum absolute atomic E-state index is 13.4. The van der Waals surface area contributed by atoms with Gasteiger partial charge in [-0.25, -0.2) is 0 Å². The quantitative estimate of drug-likeness (QED) is 0.0195. The second-order valence-electron chi connectivity index (χ2n) is 22.5. The fourth-order valence-electron chi connectivity index (χ4n) is 9.70. The normalized spacial score (nSPS) is 19.3. The van der Waals surface area contributed by atoms with Crippen LogP contribution in [-0.4, -0.2) is 99.6 Å². The number of nitrogens with one attached hydrogen (secondary N) is 1. The maximum Gasteiger partial charge on any atom is 0.306 e. The van der Waals surface area contributed by atoms with Crippen molar-refractivity contribution >= 4 is 11.9 Å². The second kappa shape index (κ2) is 57.0. The maximum atomic E-state index is 13.4. The molecule has 0 radical (unpaired) electrons. The van der Waals surface area contributed by atoms with Gasteiger partial charge < -0.3 is 45.1 Å². The topological polar surface area (TPSA) is 175 Å². The van der Waals surface area contributed by atoms with Gasteiger partial charge in [-0.05, 0) is 109 Å². The van der Waals surface area contributed by atoms with Crippen LogP contribution in [0.2, 0.25) is 0 Å². The Morgan fingerprint density at radius 2 is 0.852 bits per heavy atom. The number of carbonyl (C=O) groups excluding carboxylic acids is 2. The smallest absolute Gasteiger partial charge is 0.306 e. The molecule has 466 valence electrons. The third kappa shape index (κ3) is 44.7. The number of carbonyl (C=O) groups is 2. The number of hydrogen-bond donors (Lipinski definition) is 6. The molecule has 1 heterocycles. The molecule has 1 fully saturated rings. The predicted molar refractivity (Wildman–Crippen MR) is 338 cm³/mol. The number of allylic oxidation sites excluding steroid dienone is 15. The Morgan fingerprint density at radius 1 is 0.481 bits per heavy atom. The molecule has 11 heteroatoms. The molecule has 6 N–H and O–H groups in total. The van der Waals surface area contributed by atoms with Gasteiger partial charge in [0, 0.05) is 6.42 Å². The Bertz CT molecular complexity index is 1690. The second-order valence-corrected chi connectivity index (χ2v) is 22.5. The Balaban J connectivity index is 2.67. The highest BCUT2D eigenvalue weighted by Gasteiger charge is 2.47. The van der Waals surface area contributed by atoms with Crippen LogP contribution in [0, 0.1) is 0 Å². The summed E-state index contributed by atoms with van der Waals surface area (Å²) in [5, 5.41) is 57.1. The third-order valence-corrected chi connectivity index (χ3v) is 15.0. The van der Waals surface area contributed by atoms with E-state index in [2.05, 4.69) is 111 Å². The summed E-state index contributed by atoms with van der Waals surface area (Å²) in [6.07, 6.45) is 65.7. The molecule has 0 aromatic rings. The minimum atomic E-state index is -1.63. The molecule has 0 aromatic carbocycles. The number of amides is 1. The summed E-state index contributed by atoms with van der Waals surface area (Å²) in [6.45, 7) is 5.72. The van der Waals surface area contributed by atoms with Gasteiger partial charge in [0.25, 0.3) is 0 Å². The van der Waals surface area contributed by atoms with Gasteiger partial charge in [0.05, 0.1) is 25.4 Å². The van der Waals surface area contributed by atoms with Crippen molar-refractivity contribution in [2.45, 2.75) is 320 Å². The molecule has 1 amide bonds. The molecule has 81 heavy (non-hydrogen) atoms. The monoisotopic (exact) mass is 1140 g/mol. The van der Waals surface area contributed by atoms with E-state index in [-0.39, 0.29) is 19.4 Å². The van der Waals surface area contributed by atoms with Crippen LogP contribution in [0.25, 0.3) is 0 Å². The summed E-state index contributed by atoms with van der Waals surface area (Å²) >= 11 is 0. The van der Waals surface area contributed by atoms with Gasteiger partial charge in [-0.15, -0.1) is 0 Å². The van der Waals surface area contributed by atoms with Crippen molar-refractivity contribution in [1.82, 2.24) is 5.32 Å². The molecule has 11 nitrogen and oxygen atoms in total. The molecular weight excluding hydrogens is 1010 g/mol. The van der Waals surface area contributed by atoms with Gasteiger partial charge in [0.15, 0.2) is 12.4 Å². The van der Waals surface area contributed by atoms with Crippen LogP contribution < -0.4 is 5.32 Å². The van der Waals surface area contributed by atoms with Gasteiger partial charge in [-0.1, -0.05) is 253 Å². The van der Waals surface area contributed by atoms with Crippen LogP contribution in [0.15, 0.2) is 97.2 Å². The molecule has 8 atom stereocenters. The van der Waals surface area contributed by atoms with E-state index in [1.807, 2.05) is 6.08 Å². The molecule has 8 unspecified atom stereocenters. The Morgan fingerprint density at radius 3 is 1.30 bits per heavy atom. The summed E-state index contributed by atoms with van der Waals surface area (Å²) < 4.78 is 17.6. The summed E-state index contributed by atoms with van der Waals surface area (Å²) in [5.74, 6) is -1.23. The summed E-state index contributed by atoms with van der Waals surface area (Å²) in [4.78, 5) is 26.6. The van der Waals surface area contributed by atoms with E-state index in [1.54, 1.807) is 6.08 Å². The summed E-state index contributed by atoms with van der Waals surface area (Å²) in [5.41, 5.74) is 0. The Labute approximate surface area is 495 Å². The third-order valence-electron chi connectivity index (χ3n) is 15.0. The number of rotatable bonds is 55. The van der Waals surface area contributed by atoms with Crippen molar-refractivity contribution in [3.05, 3.63) is 97.2 Å². The zero-order chi connectivity index (χ0) is 58.9. The van der Waals surface area contributed by atoms with Crippen LogP contribution in [0.4, 0.5) is 0 Å². The first-order valence-electron chi connectivity index (χ1n) is 33.0. The van der Waals surface area contributed by atoms with E-state index in [0.29, 0.717) is 12.8 Å². The van der Waals surface area contributed by atoms with E-state index in [0.717, 1.165) is 122 Å². The molecule has 0 saturated carbocycles. The van der Waals surface area contributed by atoms with Crippen molar-refractivity contribution in [2.24, 2.45) is 0 Å². The van der Waals surface area contributed by atoms with Gasteiger partial charge in [0.2, 0.25) is 5.91 Å². The highest BCUT2D eigenvalue weighted by Crippen LogP contribution is 2.26. The molecule has 0 aromatic heterocycles. The highest BCUT2D eigenvalue weighted by molar-refractivity contribution is 5.80. The van der Waals surface area contributed by atoms with Gasteiger partial charge in [-0.3, -0.25) is 9.59 Å². The molecule has 1 aliphatic heterocycles. The minimum absolute atomic E-state index is 0.104. The van der Waals surface area contributed by atoms with Crippen molar-refractivity contribution in [3.8, 4) is 0 Å². The van der Waals surface area contributed by atoms with Crippen molar-refractivity contribution in [2.75, 3.05) is 13.2 Å². The summed E-state index contributed by atoms with van der Waals surface area (Å²) in [6, 6.07) is -1.04. The fraction of sp³-hybridized carbons (Fsp3) is 0.743. The molecule has 0 bridgehead atoms. The first kappa shape index (κ1) is 75.6. The van der Waals surface area contributed by atoms with E-state index in [9.17, 15) is 35.1 Å². The number of aliphatic hydroxyl groups excluding tert-OH is 5. The molecule has 0 aliphatic carbocycles. The zero-order valence-electron chi connectivity index (χ0n) is 51.6. The van der Waals surface area contributed by atoms with Crippen LogP contribution in [0.1, 0.15) is 271 Å². The van der Waals surface area contributed by atoms with Crippen molar-refractivity contribution in [1.29, 1.82) is 0 Å². The van der Waals surface area contributed by atoms with Crippen molar-refractivity contribution < 1.29 is 49.3 Å². The van der Waals surface area contributed by atoms with Crippen LogP contribution in [-0.2, 0) is 23.8 Å². The lowest BCUT2D eigenvalue weighted by Crippen LogP contribution is -2.61. The van der Waals surface area contributed by atoms with Gasteiger partial charge >= 0.3 is 5.97 Å². The van der Waals surface area contributed by atoms with Gasteiger partial charge in [-0.2, -0.15) is 0 Å². The fourth-order valence-corrected chi connectivity index (χ4v) is 9.70. The first-order valence-corrected chi connectivity index (χ1v) is 33.0. The molecular formula is C70H121NO10.